The fourth-order valence-electron chi connectivity index (χ4n) is 3.23. The number of carbonyl (C=O) groups is 1. The largest absolute Gasteiger partial charge is 0.332 e. The number of hydrogen-bond acceptors (Lipinski definition) is 3. The van der Waals surface area contributed by atoms with Crippen LogP contribution in [0.15, 0.2) is 24.3 Å². The molecule has 4 nitrogen and oxygen atoms in total. The Morgan fingerprint density at radius 1 is 1.20 bits per heavy atom. The molecule has 0 radical (unpaired) electrons. The summed E-state index contributed by atoms with van der Waals surface area (Å²) in [5, 5.41) is 0. The molecule has 0 aromatic heterocycles. The van der Waals surface area contributed by atoms with Gasteiger partial charge in [0.15, 0.2) is 0 Å². The van der Waals surface area contributed by atoms with Crippen molar-refractivity contribution in [3.8, 4) is 0 Å². The minimum atomic E-state index is -0.302. The summed E-state index contributed by atoms with van der Waals surface area (Å²) in [6.07, 6.45) is 0. The van der Waals surface area contributed by atoms with E-state index in [1.165, 1.54) is 12.1 Å². The third kappa shape index (κ3) is 5.79. The molecule has 1 heterocycles. The Bertz CT molecular complexity index is 575. The summed E-state index contributed by atoms with van der Waals surface area (Å²) in [7, 11) is 0. The summed E-state index contributed by atoms with van der Waals surface area (Å²) in [6.45, 7) is 15.2. The van der Waals surface area contributed by atoms with E-state index in [0.717, 1.165) is 31.7 Å². The van der Waals surface area contributed by atoms with Crippen molar-refractivity contribution in [2.24, 2.45) is 0 Å². The average Bonchev–Trinajstić information content (AvgIpc) is 2.52. The normalized spacial score (nSPS) is 17.1. The van der Waals surface area contributed by atoms with E-state index in [1.54, 1.807) is 6.07 Å². The molecule has 0 bridgehead atoms. The first-order chi connectivity index (χ1) is 11.7. The summed E-state index contributed by atoms with van der Waals surface area (Å²) in [4.78, 5) is 19.5. The molecule has 25 heavy (non-hydrogen) atoms. The molecule has 140 valence electrons. The van der Waals surface area contributed by atoms with Crippen molar-refractivity contribution in [3.63, 3.8) is 0 Å². The maximum absolute atomic E-state index is 13.5. The molecule has 1 aliphatic heterocycles. The molecule has 1 aromatic carbocycles. The van der Waals surface area contributed by atoms with Gasteiger partial charge in [0.2, 0.25) is 5.91 Å². The maximum Gasteiger partial charge on any atom is 0.237 e. The second-order valence-corrected chi connectivity index (χ2v) is 8.19. The zero-order valence-corrected chi connectivity index (χ0v) is 16.3. The molecule has 5 heteroatoms. The molecule has 0 unspecified atom stereocenters. The van der Waals surface area contributed by atoms with Crippen LogP contribution >= 0.6 is 0 Å². The molecule has 0 spiro atoms. The molecule has 0 saturated carbocycles. The Labute approximate surface area is 151 Å². The molecule has 1 saturated heterocycles. The van der Waals surface area contributed by atoms with Crippen LogP contribution in [0.3, 0.4) is 0 Å². The number of rotatable bonds is 5. The number of carbonyl (C=O) groups excluding carboxylic acids is 1. The van der Waals surface area contributed by atoms with Gasteiger partial charge in [-0.1, -0.05) is 12.1 Å². The fourth-order valence-corrected chi connectivity index (χ4v) is 3.23. The predicted molar refractivity (Wildman–Crippen MR) is 99.9 cm³/mol. The minimum absolute atomic E-state index is 0.106. The van der Waals surface area contributed by atoms with Crippen LogP contribution in [0.2, 0.25) is 0 Å². The molecule has 0 aliphatic carbocycles. The van der Waals surface area contributed by atoms with Crippen LogP contribution in [0.1, 0.15) is 40.2 Å². The molecule has 1 amide bonds. The Morgan fingerprint density at radius 2 is 1.84 bits per heavy atom. The van der Waals surface area contributed by atoms with Gasteiger partial charge in [-0.25, -0.2) is 4.39 Å². The van der Waals surface area contributed by atoms with Gasteiger partial charge >= 0.3 is 0 Å². The van der Waals surface area contributed by atoms with Crippen LogP contribution in [-0.2, 0) is 11.3 Å². The van der Waals surface area contributed by atoms with E-state index in [0.29, 0.717) is 19.1 Å². The van der Waals surface area contributed by atoms with Gasteiger partial charge in [-0.2, -0.15) is 0 Å². The summed E-state index contributed by atoms with van der Waals surface area (Å²) in [5.41, 5.74) is 0.524. The van der Waals surface area contributed by atoms with E-state index in [4.69, 9.17) is 0 Å². The smallest absolute Gasteiger partial charge is 0.237 e. The number of benzene rings is 1. The molecule has 0 atom stereocenters. The Balaban J connectivity index is 2.00. The van der Waals surface area contributed by atoms with Crippen LogP contribution in [0, 0.1) is 5.82 Å². The zero-order valence-electron chi connectivity index (χ0n) is 16.3. The monoisotopic (exact) mass is 349 g/mol. The fraction of sp³-hybridized carbons (Fsp3) is 0.650. The number of hydrogen-bond donors (Lipinski definition) is 0. The molecular formula is C20H32FN3O. The summed E-state index contributed by atoms with van der Waals surface area (Å²) >= 11 is 0. The second kappa shape index (κ2) is 8.28. The molecule has 1 fully saturated rings. The van der Waals surface area contributed by atoms with Gasteiger partial charge in [-0.05, 0) is 52.3 Å². The van der Waals surface area contributed by atoms with E-state index >= 15 is 0 Å². The summed E-state index contributed by atoms with van der Waals surface area (Å²) < 4.78 is 13.5. The van der Waals surface area contributed by atoms with Crippen molar-refractivity contribution in [1.29, 1.82) is 0 Å². The van der Waals surface area contributed by atoms with Crippen molar-refractivity contribution in [3.05, 3.63) is 35.6 Å². The summed E-state index contributed by atoms with van der Waals surface area (Å²) in [5.74, 6) is -0.154. The first-order valence-electron chi connectivity index (χ1n) is 9.18. The third-order valence-corrected chi connectivity index (χ3v) is 4.84. The van der Waals surface area contributed by atoms with Crippen molar-refractivity contribution in [1.82, 2.24) is 14.7 Å². The zero-order chi connectivity index (χ0) is 18.6. The Hall–Kier alpha value is -1.46. The predicted octanol–water partition coefficient (Wildman–Crippen LogP) is 2.98. The molecular weight excluding hydrogens is 317 g/mol. The van der Waals surface area contributed by atoms with Gasteiger partial charge < -0.3 is 4.90 Å². The van der Waals surface area contributed by atoms with Gasteiger partial charge in [0, 0.05) is 44.3 Å². The highest BCUT2D eigenvalue weighted by molar-refractivity contribution is 5.79. The topological polar surface area (TPSA) is 26.8 Å². The first kappa shape index (κ1) is 19.9. The minimum Gasteiger partial charge on any atom is -0.332 e. The molecule has 1 aromatic rings. The average molecular weight is 349 g/mol. The molecule has 1 aliphatic rings. The van der Waals surface area contributed by atoms with Crippen LogP contribution < -0.4 is 0 Å². The highest BCUT2D eigenvalue weighted by Crippen LogP contribution is 2.19. The number of amides is 1. The van der Waals surface area contributed by atoms with E-state index in [-0.39, 0.29) is 17.3 Å². The second-order valence-electron chi connectivity index (χ2n) is 8.19. The van der Waals surface area contributed by atoms with Gasteiger partial charge in [-0.3, -0.25) is 14.6 Å². The standard InChI is InChI=1S/C20H32FN3O/c1-16(2)23-11-9-22(10-12-23)15-19(25)24(20(3,4)5)14-17-7-6-8-18(21)13-17/h6-8,13,16H,9-12,14-15H2,1-5H3. The quantitative estimate of drug-likeness (QED) is 0.818. The van der Waals surface area contributed by atoms with Crippen LogP contribution in [0.5, 0.6) is 0 Å². The van der Waals surface area contributed by atoms with Crippen molar-refractivity contribution in [2.45, 2.75) is 52.7 Å². The van der Waals surface area contributed by atoms with Crippen LogP contribution in [0.4, 0.5) is 4.39 Å². The van der Waals surface area contributed by atoms with E-state index < -0.39 is 0 Å². The number of nitrogens with zero attached hydrogens (tertiary/aromatic N) is 3. The number of piperazine rings is 1. The van der Waals surface area contributed by atoms with Crippen molar-refractivity contribution in [2.75, 3.05) is 32.7 Å². The maximum atomic E-state index is 13.5. The van der Waals surface area contributed by atoms with Gasteiger partial charge in [0.05, 0.1) is 6.54 Å². The Morgan fingerprint density at radius 3 is 2.36 bits per heavy atom. The van der Waals surface area contributed by atoms with Gasteiger partial charge in [0.1, 0.15) is 5.82 Å². The first-order valence-corrected chi connectivity index (χ1v) is 9.18. The molecule has 2 rings (SSSR count). The highest BCUT2D eigenvalue weighted by atomic mass is 19.1. The van der Waals surface area contributed by atoms with Crippen molar-refractivity contribution >= 4 is 5.91 Å². The van der Waals surface area contributed by atoms with Gasteiger partial charge in [-0.15, -0.1) is 0 Å². The Kier molecular flexibility index (Phi) is 6.58. The summed E-state index contributed by atoms with van der Waals surface area (Å²) in [6, 6.07) is 7.06. The lowest BCUT2D eigenvalue weighted by atomic mass is 10.0. The van der Waals surface area contributed by atoms with E-state index in [2.05, 4.69) is 23.6 Å². The van der Waals surface area contributed by atoms with E-state index in [9.17, 15) is 9.18 Å². The lowest BCUT2D eigenvalue weighted by Gasteiger charge is -2.40. The van der Waals surface area contributed by atoms with Crippen LogP contribution in [0.25, 0.3) is 0 Å². The molecule has 0 N–H and O–H groups in total. The van der Waals surface area contributed by atoms with Gasteiger partial charge in [0.25, 0.3) is 0 Å². The lowest BCUT2D eigenvalue weighted by molar-refractivity contribution is -0.138. The van der Waals surface area contributed by atoms with Crippen LogP contribution in [-0.4, -0.2) is 64.9 Å². The van der Waals surface area contributed by atoms with E-state index in [1.807, 2.05) is 31.7 Å². The third-order valence-electron chi connectivity index (χ3n) is 4.84. The SMILES string of the molecule is CC(C)N1CCN(CC(=O)N(Cc2cccc(F)c2)C(C)(C)C)CC1. The highest BCUT2D eigenvalue weighted by Gasteiger charge is 2.29. The number of halogens is 1. The van der Waals surface area contributed by atoms with Crippen molar-refractivity contribution < 1.29 is 9.18 Å². The lowest BCUT2D eigenvalue weighted by Crippen LogP contribution is -2.54.